The highest BCUT2D eigenvalue weighted by Gasteiger charge is 2.52. The molecule has 0 atom stereocenters. The first-order valence-electron chi connectivity index (χ1n) is 28.3. The Balaban J connectivity index is 0.000000131. The number of hydrogen-bond acceptors (Lipinski definition) is 3. The van der Waals surface area contributed by atoms with Crippen LogP contribution in [0.3, 0.4) is 0 Å². The summed E-state index contributed by atoms with van der Waals surface area (Å²) >= 11 is 10.6. The van der Waals surface area contributed by atoms with Crippen molar-refractivity contribution in [1.29, 1.82) is 0 Å². The Bertz CT molecular complexity index is 4160. The van der Waals surface area contributed by atoms with Crippen LogP contribution in [0.1, 0.15) is 66.8 Å². The molecule has 2 spiro atoms. The van der Waals surface area contributed by atoms with E-state index in [1.165, 1.54) is 111 Å². The maximum atomic E-state index is 3.81. The Labute approximate surface area is 512 Å². The maximum absolute atomic E-state index is 3.81. The van der Waals surface area contributed by atoms with Gasteiger partial charge in [0.25, 0.3) is 0 Å². The van der Waals surface area contributed by atoms with E-state index < -0.39 is 5.41 Å². The van der Waals surface area contributed by atoms with E-state index in [1.807, 2.05) is 18.2 Å². The lowest BCUT2D eigenvalue weighted by Crippen LogP contribution is -2.42. The summed E-state index contributed by atoms with van der Waals surface area (Å²) in [5, 5.41) is 0.911. The van der Waals surface area contributed by atoms with E-state index in [1.54, 1.807) is 0 Å². The number of halogens is 3. The van der Waals surface area contributed by atoms with Crippen LogP contribution in [0.2, 0.25) is 0 Å². The van der Waals surface area contributed by atoms with Gasteiger partial charge in [-0.15, -0.1) is 0 Å². The molecule has 1 aliphatic carbocycles. The van der Waals surface area contributed by atoms with E-state index in [0.717, 1.165) is 28.5 Å². The summed E-state index contributed by atoms with van der Waals surface area (Å²) in [6, 6.07) is 110. The van der Waals surface area contributed by atoms with E-state index in [0.29, 0.717) is 0 Å². The highest BCUT2D eigenvalue weighted by Crippen LogP contribution is 2.64. The van der Waals surface area contributed by atoms with Crippen molar-refractivity contribution in [2.45, 2.75) is 29.1 Å². The molecule has 83 heavy (non-hydrogen) atoms. The first-order chi connectivity index (χ1) is 41.0. The van der Waals surface area contributed by atoms with Crippen LogP contribution in [0.25, 0.3) is 0 Å². The Morgan fingerprint density at radius 2 is 0.554 bits per heavy atom. The molecule has 3 nitrogen and oxygen atoms in total. The second-order valence-electron chi connectivity index (χ2n) is 21.3. The van der Waals surface area contributed by atoms with E-state index in [2.05, 4.69) is 348 Å². The van der Waals surface area contributed by atoms with Crippen molar-refractivity contribution in [2.24, 2.45) is 0 Å². The summed E-state index contributed by atoms with van der Waals surface area (Å²) in [7, 11) is 0. The number of nitrogens with zero attached hydrogens (tertiary/aromatic N) is 3. The van der Waals surface area contributed by atoms with Gasteiger partial charge in [0.1, 0.15) is 0 Å². The van der Waals surface area contributed by atoms with E-state index in [-0.39, 0.29) is 5.41 Å². The first kappa shape index (κ1) is 52.5. The summed E-state index contributed by atoms with van der Waals surface area (Å²) in [5.74, 6) is 0. The number of benzene rings is 12. The zero-order valence-electron chi connectivity index (χ0n) is 45.5. The van der Waals surface area contributed by atoms with Crippen LogP contribution in [0.15, 0.2) is 312 Å². The van der Waals surface area contributed by atoms with Crippen LogP contribution >= 0.6 is 47.8 Å². The molecular weight excluding hydrogens is 1210 g/mol. The van der Waals surface area contributed by atoms with Crippen LogP contribution in [0, 0.1) is 0 Å². The van der Waals surface area contributed by atoms with E-state index >= 15 is 0 Å². The number of alkyl halides is 1. The molecule has 400 valence electrons. The predicted octanol–water partition coefficient (Wildman–Crippen LogP) is 21.4. The fraction of sp³-hybridized carbons (Fsp3) is 0.0649. The van der Waals surface area contributed by atoms with E-state index in [9.17, 15) is 0 Å². The van der Waals surface area contributed by atoms with Crippen molar-refractivity contribution in [1.82, 2.24) is 0 Å². The summed E-state index contributed by atoms with van der Waals surface area (Å²) < 4.78 is 2.30. The van der Waals surface area contributed by atoms with Crippen LogP contribution in [-0.4, -0.2) is 0 Å². The van der Waals surface area contributed by atoms with Crippen LogP contribution < -0.4 is 14.7 Å². The quantitative estimate of drug-likeness (QED) is 0.159. The molecule has 0 saturated carbocycles. The Morgan fingerprint density at radius 1 is 0.277 bits per heavy atom. The highest BCUT2D eigenvalue weighted by atomic mass is 79.9. The second kappa shape index (κ2) is 22.3. The smallest absolute Gasteiger partial charge is 0.0782 e. The summed E-state index contributed by atoms with van der Waals surface area (Å²) in [6.45, 7) is 0.769. The van der Waals surface area contributed by atoms with Gasteiger partial charge in [-0.05, 0) is 146 Å². The monoisotopic (exact) mass is 1260 g/mol. The number of hydrogen-bond donors (Lipinski definition) is 0. The molecule has 0 radical (unpaired) electrons. The molecule has 0 saturated heterocycles. The van der Waals surface area contributed by atoms with Gasteiger partial charge in [-0.1, -0.05) is 278 Å². The standard InChI is InChI=1S/C38H27BrN2.C32H23N.C7H6Br2/c39-33-21-9-4-14-27(33)26-40-34-22-10-5-17-29(34)38(30-18-6-11-23-35(30)40)31-19-7-12-24-36(31)41(28-15-2-1-3-16-28)37-25-13-8-20-32(37)38;1-2-14-25(15-3-1)33-30-20-10-8-18-28(30)32(29-19-9-11-21-31(29)33)26-16-6-4-12-23(26)22-24-13-5-7-17-27(24)32;8-5-6-3-1-2-4-7(6)9/h1-25H,26H2;1-21H,22H2;1-4H,5H2. The second-order valence-corrected chi connectivity index (χ2v) is 23.6. The first-order valence-corrected chi connectivity index (χ1v) is 31.0. The minimum atomic E-state index is -0.476. The van der Waals surface area contributed by atoms with Crippen LogP contribution in [0.5, 0.6) is 0 Å². The number of rotatable bonds is 5. The largest absolute Gasteiger partial charge is 0.336 e. The van der Waals surface area contributed by atoms with Gasteiger partial charge in [0.05, 0.1) is 33.6 Å². The SMILES string of the molecule is BrCc1ccccc1Br.Brc1ccccc1CN1c2ccccc2C2(c3ccccc31)c1ccccc1N(c1ccccc1)c1ccccc12.c1ccc(N2c3ccccc3C3(c4ccccc4Cc4ccccc43)c3ccccc32)cc1. The average molecular weight is 1260 g/mol. The number of anilines is 8. The van der Waals surface area contributed by atoms with Gasteiger partial charge in [-0.3, -0.25) is 0 Å². The molecule has 0 amide bonds. The molecule has 3 heterocycles. The summed E-state index contributed by atoms with van der Waals surface area (Å²) in [5.41, 5.74) is 25.0. The molecule has 12 aromatic carbocycles. The zero-order valence-corrected chi connectivity index (χ0v) is 50.2. The third kappa shape index (κ3) is 8.72. The Kier molecular flexibility index (Phi) is 14.1. The maximum Gasteiger partial charge on any atom is 0.0782 e. The van der Waals surface area contributed by atoms with Gasteiger partial charge >= 0.3 is 0 Å². The third-order valence-electron chi connectivity index (χ3n) is 17.0. The zero-order chi connectivity index (χ0) is 55.9. The number of para-hydroxylation sites is 8. The molecule has 4 aliphatic rings. The summed E-state index contributed by atoms with van der Waals surface area (Å²) in [4.78, 5) is 7.34. The van der Waals surface area contributed by atoms with Gasteiger partial charge in [0.2, 0.25) is 0 Å². The molecule has 0 fully saturated rings. The minimum absolute atomic E-state index is 0.343. The molecule has 16 rings (SSSR count). The van der Waals surface area contributed by atoms with Gasteiger partial charge < -0.3 is 14.7 Å². The molecular formula is C77H56Br3N3. The van der Waals surface area contributed by atoms with Crippen molar-refractivity contribution >= 4 is 93.3 Å². The lowest BCUT2D eigenvalue weighted by molar-refractivity contribution is 0.693. The Hall–Kier alpha value is -8.52. The topological polar surface area (TPSA) is 9.72 Å². The van der Waals surface area contributed by atoms with Gasteiger partial charge in [0.15, 0.2) is 0 Å². The van der Waals surface area contributed by atoms with Crippen molar-refractivity contribution < 1.29 is 0 Å². The van der Waals surface area contributed by atoms with Crippen molar-refractivity contribution in [3.05, 3.63) is 379 Å². The van der Waals surface area contributed by atoms with Crippen molar-refractivity contribution in [2.75, 3.05) is 14.7 Å². The third-order valence-corrected chi connectivity index (χ3v) is 19.2. The fourth-order valence-corrected chi connectivity index (χ4v) is 15.4. The molecule has 6 heteroatoms. The predicted molar refractivity (Wildman–Crippen MR) is 356 cm³/mol. The molecule has 0 N–H and O–H groups in total. The molecule has 0 aromatic heterocycles. The highest BCUT2D eigenvalue weighted by molar-refractivity contribution is 9.11. The fourth-order valence-electron chi connectivity index (χ4n) is 13.7. The molecule has 0 bridgehead atoms. The molecule has 3 aliphatic heterocycles. The molecule has 0 unspecified atom stereocenters. The van der Waals surface area contributed by atoms with E-state index in [4.69, 9.17) is 0 Å². The molecule has 12 aromatic rings. The minimum Gasteiger partial charge on any atom is -0.336 e. The summed E-state index contributed by atoms with van der Waals surface area (Å²) in [6.07, 6.45) is 0.973. The number of fused-ring (bicyclic) bond motifs is 16. The van der Waals surface area contributed by atoms with Gasteiger partial charge in [-0.2, -0.15) is 0 Å². The normalized spacial score (nSPS) is 13.9. The Morgan fingerprint density at radius 3 is 0.916 bits per heavy atom. The lowest BCUT2D eigenvalue weighted by atomic mass is 9.58. The van der Waals surface area contributed by atoms with Crippen LogP contribution in [-0.2, 0) is 29.1 Å². The van der Waals surface area contributed by atoms with Crippen molar-refractivity contribution in [3.8, 4) is 0 Å². The lowest BCUT2D eigenvalue weighted by Gasteiger charge is -2.51. The van der Waals surface area contributed by atoms with Crippen molar-refractivity contribution in [3.63, 3.8) is 0 Å². The average Bonchev–Trinajstić information content (AvgIpc) is 2.51. The van der Waals surface area contributed by atoms with Crippen LogP contribution in [0.4, 0.5) is 45.5 Å². The van der Waals surface area contributed by atoms with Gasteiger partial charge in [0, 0.05) is 43.6 Å². The van der Waals surface area contributed by atoms with Gasteiger partial charge in [-0.25, -0.2) is 0 Å².